The van der Waals surface area contributed by atoms with Crippen molar-refractivity contribution in [2.75, 3.05) is 4.43 Å². The highest BCUT2D eigenvalue weighted by Gasteiger charge is 2.48. The van der Waals surface area contributed by atoms with E-state index in [0.29, 0.717) is 11.7 Å². The van der Waals surface area contributed by atoms with Gasteiger partial charge in [-0.15, -0.1) is 0 Å². The Kier molecular flexibility index (Phi) is 2.44. The Morgan fingerprint density at radius 3 is 3.12 bits per heavy atom. The number of phenolic OH excluding ortho intramolecular Hbond substituents is 1. The van der Waals surface area contributed by atoms with Gasteiger partial charge in [0, 0.05) is 4.43 Å². The Hall–Kier alpha value is -0.290. The largest absolute Gasteiger partial charge is 0.508 e. The van der Waals surface area contributed by atoms with Gasteiger partial charge in [-0.2, -0.15) is 0 Å². The van der Waals surface area contributed by atoms with Crippen molar-refractivity contribution in [2.45, 2.75) is 31.5 Å². The Morgan fingerprint density at radius 1 is 1.56 bits per heavy atom. The molecule has 1 aromatic carbocycles. The maximum atomic E-state index is 9.55. The van der Waals surface area contributed by atoms with Crippen LogP contribution in [0.4, 0.5) is 0 Å². The lowest BCUT2D eigenvalue weighted by molar-refractivity contribution is -0.0220. The summed E-state index contributed by atoms with van der Waals surface area (Å²) >= 11 is 2.41. The van der Waals surface area contributed by atoms with Gasteiger partial charge in [0.1, 0.15) is 5.75 Å². The predicted molar refractivity (Wildman–Crippen MR) is 71.0 cm³/mol. The van der Waals surface area contributed by atoms with Gasteiger partial charge in [-0.3, -0.25) is 0 Å². The summed E-state index contributed by atoms with van der Waals surface area (Å²) in [5.74, 6) is 0.982. The van der Waals surface area contributed by atoms with Crippen LogP contribution in [0.5, 0.6) is 5.75 Å². The summed E-state index contributed by atoms with van der Waals surface area (Å²) in [6.45, 7) is 2.22. The Morgan fingerprint density at radius 2 is 2.38 bits per heavy atom. The van der Waals surface area contributed by atoms with Crippen molar-refractivity contribution in [3.05, 3.63) is 29.3 Å². The van der Waals surface area contributed by atoms with Crippen molar-refractivity contribution in [3.8, 4) is 5.75 Å². The van der Waals surface area contributed by atoms with E-state index in [-0.39, 0.29) is 11.7 Å². The molecule has 3 rings (SSSR count). The van der Waals surface area contributed by atoms with Crippen LogP contribution in [0.1, 0.15) is 30.6 Å². The maximum Gasteiger partial charge on any atom is 0.115 e. The Balaban J connectivity index is 2.03. The molecule has 3 heteroatoms. The van der Waals surface area contributed by atoms with Gasteiger partial charge in [0.25, 0.3) is 0 Å². The molecule has 2 nitrogen and oxygen atoms in total. The van der Waals surface area contributed by atoms with Crippen LogP contribution in [0.2, 0.25) is 0 Å². The molecule has 1 aliphatic carbocycles. The first-order valence-electron chi connectivity index (χ1n) is 5.68. The van der Waals surface area contributed by atoms with Gasteiger partial charge in [0.15, 0.2) is 0 Å². The normalized spacial score (nSPS) is 36.1. The molecule has 1 aromatic rings. The van der Waals surface area contributed by atoms with Crippen LogP contribution in [0.15, 0.2) is 18.2 Å². The molecule has 2 aliphatic rings. The zero-order chi connectivity index (χ0) is 11.3. The van der Waals surface area contributed by atoms with Crippen LogP contribution in [0, 0.1) is 5.92 Å². The standard InChI is InChI=1S/C13H15IO2/c1-13(7-14)9-4-8-2-3-10(15)6-11(8)12(5-9)16-13/h2-3,6,9,12,15H,4-5,7H2,1H3/t9-,12-,13-/m0/s1. The zero-order valence-electron chi connectivity index (χ0n) is 9.24. The number of hydrogen-bond donors (Lipinski definition) is 1. The third-order valence-corrected chi connectivity index (χ3v) is 5.50. The number of alkyl halides is 1. The van der Waals surface area contributed by atoms with Gasteiger partial charge >= 0.3 is 0 Å². The highest BCUT2D eigenvalue weighted by atomic mass is 127. The van der Waals surface area contributed by atoms with E-state index in [1.807, 2.05) is 12.1 Å². The molecule has 1 heterocycles. The fourth-order valence-electron chi connectivity index (χ4n) is 2.94. The van der Waals surface area contributed by atoms with E-state index in [1.165, 1.54) is 11.1 Å². The number of hydrogen-bond acceptors (Lipinski definition) is 2. The summed E-state index contributed by atoms with van der Waals surface area (Å²) in [5.41, 5.74) is 2.57. The third-order valence-electron chi connectivity index (χ3n) is 3.98. The number of rotatable bonds is 1. The van der Waals surface area contributed by atoms with Crippen molar-refractivity contribution in [2.24, 2.45) is 5.92 Å². The summed E-state index contributed by atoms with van der Waals surface area (Å²) in [6, 6.07) is 5.70. The molecule has 0 spiro atoms. The number of phenols is 1. The van der Waals surface area contributed by atoms with Gasteiger partial charge < -0.3 is 9.84 Å². The molecule has 0 aromatic heterocycles. The molecule has 1 aliphatic heterocycles. The molecule has 2 bridgehead atoms. The first-order chi connectivity index (χ1) is 7.62. The van der Waals surface area contributed by atoms with E-state index in [2.05, 4.69) is 29.5 Å². The lowest BCUT2D eigenvalue weighted by Gasteiger charge is -2.27. The molecule has 1 fully saturated rings. The van der Waals surface area contributed by atoms with Crippen LogP contribution in [-0.4, -0.2) is 15.1 Å². The van der Waals surface area contributed by atoms with Crippen LogP contribution in [0.3, 0.4) is 0 Å². The fourth-order valence-corrected chi connectivity index (χ4v) is 3.74. The van der Waals surface area contributed by atoms with Gasteiger partial charge in [-0.05, 0) is 48.9 Å². The molecule has 0 amide bonds. The number of ether oxygens (including phenoxy) is 1. The van der Waals surface area contributed by atoms with Crippen LogP contribution < -0.4 is 0 Å². The highest BCUT2D eigenvalue weighted by molar-refractivity contribution is 14.1. The SMILES string of the molecule is C[C@@]1(CI)O[C@H]2C[C@@H]1Cc1ccc(O)cc12. The number of benzene rings is 1. The van der Waals surface area contributed by atoms with E-state index >= 15 is 0 Å². The van der Waals surface area contributed by atoms with Crippen molar-refractivity contribution in [3.63, 3.8) is 0 Å². The van der Waals surface area contributed by atoms with Crippen LogP contribution in [0.25, 0.3) is 0 Å². The highest BCUT2D eigenvalue weighted by Crippen LogP contribution is 2.51. The summed E-state index contributed by atoms with van der Waals surface area (Å²) < 4.78 is 7.22. The minimum absolute atomic E-state index is 0.0138. The molecule has 0 saturated carbocycles. The second-order valence-corrected chi connectivity index (χ2v) is 5.84. The monoisotopic (exact) mass is 330 g/mol. The minimum atomic E-state index is 0.0138. The molecule has 3 atom stereocenters. The fraction of sp³-hybridized carbons (Fsp3) is 0.538. The summed E-state index contributed by atoms with van der Waals surface area (Å²) in [7, 11) is 0. The Labute approximate surface area is 109 Å². The molecule has 16 heavy (non-hydrogen) atoms. The minimum Gasteiger partial charge on any atom is -0.508 e. The van der Waals surface area contributed by atoms with Crippen molar-refractivity contribution >= 4 is 22.6 Å². The predicted octanol–water partition coefficient (Wildman–Crippen LogP) is 3.22. The summed E-state index contributed by atoms with van der Waals surface area (Å²) in [4.78, 5) is 0. The van der Waals surface area contributed by atoms with Crippen LogP contribution >= 0.6 is 22.6 Å². The third kappa shape index (κ3) is 1.48. The van der Waals surface area contributed by atoms with E-state index in [0.717, 1.165) is 17.3 Å². The lowest BCUT2D eigenvalue weighted by Crippen LogP contribution is -2.34. The van der Waals surface area contributed by atoms with Crippen molar-refractivity contribution < 1.29 is 9.84 Å². The van der Waals surface area contributed by atoms with Crippen LogP contribution in [-0.2, 0) is 11.2 Å². The van der Waals surface area contributed by atoms with Gasteiger partial charge in [-0.25, -0.2) is 0 Å². The number of halogens is 1. The van der Waals surface area contributed by atoms with E-state index in [1.54, 1.807) is 6.07 Å². The number of aromatic hydroxyl groups is 1. The molecule has 0 unspecified atom stereocenters. The average molecular weight is 330 g/mol. The van der Waals surface area contributed by atoms with Gasteiger partial charge in [0.05, 0.1) is 11.7 Å². The molecule has 0 radical (unpaired) electrons. The summed E-state index contributed by atoms with van der Waals surface area (Å²) in [5, 5.41) is 9.55. The van der Waals surface area contributed by atoms with Crippen molar-refractivity contribution in [1.29, 1.82) is 0 Å². The zero-order valence-corrected chi connectivity index (χ0v) is 11.4. The topological polar surface area (TPSA) is 29.5 Å². The molecular formula is C13H15IO2. The molecule has 86 valence electrons. The molecular weight excluding hydrogens is 315 g/mol. The smallest absolute Gasteiger partial charge is 0.115 e. The van der Waals surface area contributed by atoms with Gasteiger partial charge in [-0.1, -0.05) is 28.7 Å². The first kappa shape index (κ1) is 10.8. The molecule has 1 N–H and O–H groups in total. The van der Waals surface area contributed by atoms with Crippen molar-refractivity contribution in [1.82, 2.24) is 0 Å². The Bertz CT molecular complexity index is 432. The van der Waals surface area contributed by atoms with E-state index in [4.69, 9.17) is 4.74 Å². The second kappa shape index (κ2) is 3.60. The maximum absolute atomic E-state index is 9.55. The second-order valence-electron chi connectivity index (χ2n) is 5.07. The molecule has 1 saturated heterocycles. The average Bonchev–Trinajstić information content (AvgIpc) is 2.55. The van der Waals surface area contributed by atoms with E-state index < -0.39 is 0 Å². The quantitative estimate of drug-likeness (QED) is 0.633. The van der Waals surface area contributed by atoms with Gasteiger partial charge in [0.2, 0.25) is 0 Å². The summed E-state index contributed by atoms with van der Waals surface area (Å²) in [6.07, 6.45) is 2.39. The first-order valence-corrected chi connectivity index (χ1v) is 7.20. The van der Waals surface area contributed by atoms with E-state index in [9.17, 15) is 5.11 Å². The number of fused-ring (bicyclic) bond motifs is 4. The lowest BCUT2D eigenvalue weighted by atomic mass is 9.78.